The molecular formula is C17H17N5O4S2. The number of esters is 2. The molecule has 1 heterocycles. The number of hydrogen-bond acceptors (Lipinski definition) is 10. The predicted octanol–water partition coefficient (Wildman–Crippen LogP) is 3.66. The van der Waals surface area contributed by atoms with Crippen molar-refractivity contribution in [2.75, 3.05) is 20.5 Å². The van der Waals surface area contributed by atoms with E-state index in [-0.39, 0.29) is 5.01 Å². The fourth-order valence-corrected chi connectivity index (χ4v) is 3.34. The molecule has 0 spiro atoms. The normalized spacial score (nSPS) is 11.6. The lowest BCUT2D eigenvalue weighted by Crippen LogP contribution is -2.24. The number of azo groups is 1. The molecule has 0 atom stereocenters. The molecule has 2 rings (SSSR count). The van der Waals surface area contributed by atoms with Gasteiger partial charge in [-0.15, -0.1) is 15.3 Å². The molecule has 11 heteroatoms. The Morgan fingerprint density at radius 3 is 2.36 bits per heavy atom. The van der Waals surface area contributed by atoms with Gasteiger partial charge in [-0.1, -0.05) is 53.4 Å². The third kappa shape index (κ3) is 5.08. The fourth-order valence-electron chi connectivity index (χ4n) is 2.09. The van der Waals surface area contributed by atoms with Gasteiger partial charge in [-0.3, -0.25) is 9.59 Å². The van der Waals surface area contributed by atoms with Crippen LogP contribution in [0.3, 0.4) is 0 Å². The van der Waals surface area contributed by atoms with Gasteiger partial charge in [0.05, 0.1) is 14.2 Å². The topological polar surface area (TPSA) is 115 Å². The van der Waals surface area contributed by atoms with E-state index in [4.69, 9.17) is 9.47 Å². The lowest BCUT2D eigenvalue weighted by molar-refractivity contribution is -0.154. The number of rotatable bonds is 6. The molecule has 0 unspecified atom stereocenters. The Balaban J connectivity index is 2.58. The van der Waals surface area contributed by atoms with Gasteiger partial charge in [-0.25, -0.2) is 4.98 Å². The van der Waals surface area contributed by atoms with Gasteiger partial charge < -0.3 is 9.47 Å². The molecule has 0 fully saturated rings. The van der Waals surface area contributed by atoms with Gasteiger partial charge in [0, 0.05) is 12.3 Å². The van der Waals surface area contributed by atoms with Crippen molar-refractivity contribution in [3.05, 3.63) is 35.3 Å². The minimum Gasteiger partial charge on any atom is -0.468 e. The Bertz CT molecular complexity index is 896. The van der Waals surface area contributed by atoms with Crippen molar-refractivity contribution in [1.29, 1.82) is 0 Å². The summed E-state index contributed by atoms with van der Waals surface area (Å²) >= 11 is 2.27. The number of thioether (sulfide) groups is 1. The van der Waals surface area contributed by atoms with Crippen LogP contribution < -0.4 is 0 Å². The second-order valence-electron chi connectivity index (χ2n) is 4.98. The van der Waals surface area contributed by atoms with Gasteiger partial charge in [0.1, 0.15) is 10.7 Å². The van der Waals surface area contributed by atoms with Crippen LogP contribution in [-0.2, 0) is 19.1 Å². The highest BCUT2D eigenvalue weighted by atomic mass is 32.2. The van der Waals surface area contributed by atoms with E-state index in [0.717, 1.165) is 16.9 Å². The number of amidine groups is 1. The summed E-state index contributed by atoms with van der Waals surface area (Å²) in [7, 11) is 2.38. The van der Waals surface area contributed by atoms with E-state index >= 15 is 0 Å². The summed E-state index contributed by atoms with van der Waals surface area (Å²) in [6.45, 7) is 3.29. The number of hydrogen-bond donors (Lipinski definition) is 0. The molecule has 0 N–H and O–H groups in total. The van der Waals surface area contributed by atoms with Crippen LogP contribution in [0.1, 0.15) is 10.9 Å². The lowest BCUT2D eigenvalue weighted by atomic mass is 10.1. The van der Waals surface area contributed by atoms with Crippen molar-refractivity contribution >= 4 is 51.9 Å². The van der Waals surface area contributed by atoms with Crippen LogP contribution in [0.4, 0.5) is 5.00 Å². The summed E-state index contributed by atoms with van der Waals surface area (Å²) in [5.41, 5.74) is 1.21. The maximum atomic E-state index is 12.1. The predicted molar refractivity (Wildman–Crippen MR) is 109 cm³/mol. The Hall–Kier alpha value is -2.92. The second-order valence-corrected chi connectivity index (χ2v) is 6.76. The Labute approximate surface area is 169 Å². The molecular weight excluding hydrogens is 402 g/mol. The summed E-state index contributed by atoms with van der Waals surface area (Å²) < 4.78 is 9.45. The van der Waals surface area contributed by atoms with Gasteiger partial charge in [0.25, 0.3) is 0 Å². The highest BCUT2D eigenvalue weighted by Gasteiger charge is 2.35. The van der Waals surface area contributed by atoms with Crippen molar-refractivity contribution in [3.8, 4) is 11.3 Å². The summed E-state index contributed by atoms with van der Waals surface area (Å²) in [4.78, 5) is 28.7. The van der Waals surface area contributed by atoms with E-state index in [1.807, 2.05) is 30.3 Å². The van der Waals surface area contributed by atoms with Crippen LogP contribution in [0, 0.1) is 0 Å². The summed E-state index contributed by atoms with van der Waals surface area (Å²) in [6, 6.07) is 9.20. The van der Waals surface area contributed by atoms with Crippen molar-refractivity contribution in [3.63, 3.8) is 0 Å². The summed E-state index contributed by atoms with van der Waals surface area (Å²) in [6.07, 6.45) is 1.77. The number of aromatic nitrogens is 1. The molecule has 146 valence electrons. The molecule has 0 saturated carbocycles. The Kier molecular flexibility index (Phi) is 7.96. The van der Waals surface area contributed by atoms with Crippen molar-refractivity contribution in [2.45, 2.75) is 5.92 Å². The number of carbonyl (C=O) groups is 2. The molecule has 0 aliphatic rings. The zero-order chi connectivity index (χ0) is 20.5. The SMILES string of the molecule is C=N/N=C(/N=N/c1sc(C(C(=O)OC)C(=O)OC)nc1-c1ccccc1)SC. The van der Waals surface area contributed by atoms with Crippen molar-refractivity contribution in [2.24, 2.45) is 20.4 Å². The van der Waals surface area contributed by atoms with E-state index in [1.54, 1.807) is 6.26 Å². The van der Waals surface area contributed by atoms with Gasteiger partial charge in [-0.05, 0) is 6.26 Å². The number of nitrogens with zero attached hydrogens (tertiary/aromatic N) is 5. The third-order valence-electron chi connectivity index (χ3n) is 3.36. The summed E-state index contributed by atoms with van der Waals surface area (Å²) in [5, 5.41) is 16.3. The number of benzene rings is 1. The monoisotopic (exact) mass is 419 g/mol. The van der Waals surface area contributed by atoms with Crippen molar-refractivity contribution in [1.82, 2.24) is 4.98 Å². The van der Waals surface area contributed by atoms with Gasteiger partial charge in [-0.2, -0.15) is 5.10 Å². The molecule has 9 nitrogen and oxygen atoms in total. The minimum absolute atomic E-state index is 0.191. The van der Waals surface area contributed by atoms with Crippen LogP contribution in [0.2, 0.25) is 0 Å². The molecule has 0 bridgehead atoms. The number of thiazole rings is 1. The molecule has 1 aromatic heterocycles. The Morgan fingerprint density at radius 1 is 1.18 bits per heavy atom. The number of carbonyl (C=O) groups excluding carboxylic acids is 2. The maximum absolute atomic E-state index is 12.1. The molecule has 1 aromatic carbocycles. The average molecular weight is 419 g/mol. The van der Waals surface area contributed by atoms with Gasteiger partial charge in [0.15, 0.2) is 5.00 Å². The molecule has 0 radical (unpaired) electrons. The molecule has 0 amide bonds. The lowest BCUT2D eigenvalue weighted by Gasteiger charge is -2.08. The first kappa shape index (κ1) is 21.4. The van der Waals surface area contributed by atoms with Gasteiger partial charge in [0.2, 0.25) is 11.1 Å². The third-order valence-corrected chi connectivity index (χ3v) is 4.89. The van der Waals surface area contributed by atoms with Crippen LogP contribution in [0.25, 0.3) is 11.3 Å². The molecule has 0 saturated heterocycles. The molecule has 0 aliphatic carbocycles. The van der Waals surface area contributed by atoms with E-state index < -0.39 is 17.9 Å². The van der Waals surface area contributed by atoms with E-state index in [2.05, 4.69) is 32.1 Å². The molecule has 0 aliphatic heterocycles. The van der Waals surface area contributed by atoms with Crippen LogP contribution in [0.15, 0.2) is 50.8 Å². The van der Waals surface area contributed by atoms with Gasteiger partial charge >= 0.3 is 11.9 Å². The zero-order valence-electron chi connectivity index (χ0n) is 15.4. The highest BCUT2D eigenvalue weighted by molar-refractivity contribution is 8.13. The second kappa shape index (κ2) is 10.4. The van der Waals surface area contributed by atoms with Crippen LogP contribution in [-0.4, -0.2) is 49.3 Å². The molecule has 28 heavy (non-hydrogen) atoms. The summed E-state index contributed by atoms with van der Waals surface area (Å²) in [5.74, 6) is -2.85. The highest BCUT2D eigenvalue weighted by Crippen LogP contribution is 2.39. The largest absolute Gasteiger partial charge is 0.468 e. The van der Waals surface area contributed by atoms with E-state index in [9.17, 15) is 9.59 Å². The quantitative estimate of drug-likeness (QED) is 0.176. The molecule has 2 aromatic rings. The van der Waals surface area contributed by atoms with Crippen LogP contribution >= 0.6 is 23.1 Å². The first-order chi connectivity index (χ1) is 13.5. The fraction of sp³-hybridized carbons (Fsp3) is 0.235. The van der Waals surface area contributed by atoms with Crippen LogP contribution in [0.5, 0.6) is 0 Å². The number of ether oxygens (including phenoxy) is 2. The van der Waals surface area contributed by atoms with E-state index in [0.29, 0.717) is 15.9 Å². The zero-order valence-corrected chi connectivity index (χ0v) is 17.0. The standard InChI is InChI=1S/C17H17N5O4S2/c1-18-21-17(27-4)22-20-14-12(10-8-6-5-7-9-10)19-13(28-14)11(15(23)25-2)16(24)26-3/h5-9,11H,1H2,2-4H3/b21-17-,22-20+. The first-order valence-electron chi connectivity index (χ1n) is 7.76. The minimum atomic E-state index is -1.31. The van der Waals surface area contributed by atoms with Crippen molar-refractivity contribution < 1.29 is 19.1 Å². The smallest absolute Gasteiger partial charge is 0.327 e. The first-order valence-corrected chi connectivity index (χ1v) is 9.81. The average Bonchev–Trinajstić information content (AvgIpc) is 3.15. The van der Waals surface area contributed by atoms with E-state index in [1.165, 1.54) is 26.0 Å². The Morgan fingerprint density at radius 2 is 1.82 bits per heavy atom. The maximum Gasteiger partial charge on any atom is 0.327 e. The number of methoxy groups -OCH3 is 2.